The number of nitrogens with one attached hydrogen (secondary N) is 1. The molecule has 0 aromatic carbocycles. The van der Waals surface area contributed by atoms with Crippen LogP contribution in [0.2, 0.25) is 0 Å². The fourth-order valence-electron chi connectivity index (χ4n) is 2.03. The second-order valence-electron chi connectivity index (χ2n) is 4.01. The van der Waals surface area contributed by atoms with Crippen molar-refractivity contribution in [3.63, 3.8) is 0 Å². The zero-order chi connectivity index (χ0) is 8.84. The molecule has 0 spiro atoms. The largest absolute Gasteiger partial charge is 0.445 e. The average Bonchev–Trinajstić information content (AvgIpc) is 2.78. The Balaban J connectivity index is 1.95. The molecule has 1 aromatic heterocycles. The van der Waals surface area contributed by atoms with E-state index < -0.39 is 0 Å². The lowest BCUT2D eigenvalue weighted by Crippen LogP contribution is -2.13. The van der Waals surface area contributed by atoms with Crippen LogP contribution in [0.15, 0.2) is 4.42 Å². The highest BCUT2D eigenvalue weighted by molar-refractivity contribution is 5.22. The fourth-order valence-corrected chi connectivity index (χ4v) is 2.03. The van der Waals surface area contributed by atoms with E-state index in [0.717, 1.165) is 24.5 Å². The summed E-state index contributed by atoms with van der Waals surface area (Å²) >= 11 is 0. The third-order valence-corrected chi connectivity index (χ3v) is 3.01. The summed E-state index contributed by atoms with van der Waals surface area (Å²) in [6.07, 6.45) is 4.73. The van der Waals surface area contributed by atoms with Crippen molar-refractivity contribution < 1.29 is 4.42 Å². The molecule has 1 saturated carbocycles. The van der Waals surface area contributed by atoms with Gasteiger partial charge in [0.1, 0.15) is 5.76 Å². The molecule has 3 nitrogen and oxygen atoms in total. The molecular weight excluding hydrogens is 164 g/mol. The van der Waals surface area contributed by atoms with Gasteiger partial charge in [-0.15, -0.1) is 0 Å². The van der Waals surface area contributed by atoms with Gasteiger partial charge in [-0.05, 0) is 26.3 Å². The minimum absolute atomic E-state index is 0.436. The van der Waals surface area contributed by atoms with Gasteiger partial charge in [-0.3, -0.25) is 0 Å². The van der Waals surface area contributed by atoms with Gasteiger partial charge in [0.15, 0.2) is 5.89 Å². The normalized spacial score (nSPS) is 26.4. The van der Waals surface area contributed by atoms with E-state index in [1.54, 1.807) is 0 Å². The predicted octanol–water partition coefficient (Wildman–Crippen LogP) is 1.76. The SMILES string of the molecule is CNC1CCc2oc(C3CC3)nc21. The quantitative estimate of drug-likeness (QED) is 0.749. The topological polar surface area (TPSA) is 38.1 Å². The van der Waals surface area contributed by atoms with Crippen LogP contribution in [0.25, 0.3) is 0 Å². The van der Waals surface area contributed by atoms with Crippen LogP contribution in [-0.2, 0) is 6.42 Å². The summed E-state index contributed by atoms with van der Waals surface area (Å²) in [5.74, 6) is 2.76. The van der Waals surface area contributed by atoms with E-state index in [9.17, 15) is 0 Å². The van der Waals surface area contributed by atoms with Gasteiger partial charge < -0.3 is 9.73 Å². The summed E-state index contributed by atoms with van der Waals surface area (Å²) in [5.41, 5.74) is 1.17. The summed E-state index contributed by atoms with van der Waals surface area (Å²) in [7, 11) is 1.99. The number of aromatic nitrogens is 1. The Labute approximate surface area is 77.5 Å². The van der Waals surface area contributed by atoms with Crippen LogP contribution < -0.4 is 5.32 Å². The third kappa shape index (κ3) is 1.10. The monoisotopic (exact) mass is 178 g/mol. The number of rotatable bonds is 2. The van der Waals surface area contributed by atoms with Crippen LogP contribution in [0, 0.1) is 0 Å². The molecule has 1 fully saturated rings. The lowest BCUT2D eigenvalue weighted by Gasteiger charge is -2.04. The first-order valence-corrected chi connectivity index (χ1v) is 5.05. The number of hydrogen-bond acceptors (Lipinski definition) is 3. The maximum Gasteiger partial charge on any atom is 0.197 e. The van der Waals surface area contributed by atoms with Crippen molar-refractivity contribution >= 4 is 0 Å². The number of hydrogen-bond donors (Lipinski definition) is 1. The van der Waals surface area contributed by atoms with Crippen molar-refractivity contribution in [2.45, 2.75) is 37.6 Å². The van der Waals surface area contributed by atoms with Gasteiger partial charge >= 0.3 is 0 Å². The summed E-state index contributed by atoms with van der Waals surface area (Å²) in [6, 6.07) is 0.436. The Bertz CT molecular complexity index is 328. The molecule has 1 heterocycles. The molecule has 2 aliphatic rings. The molecule has 13 heavy (non-hydrogen) atoms. The van der Waals surface area contributed by atoms with Gasteiger partial charge in [0.25, 0.3) is 0 Å². The van der Waals surface area contributed by atoms with Crippen LogP contribution in [0.5, 0.6) is 0 Å². The van der Waals surface area contributed by atoms with E-state index in [4.69, 9.17) is 4.42 Å². The lowest BCUT2D eigenvalue weighted by atomic mass is 10.2. The van der Waals surface area contributed by atoms with E-state index in [1.807, 2.05) is 7.05 Å². The highest BCUT2D eigenvalue weighted by Gasteiger charge is 2.34. The van der Waals surface area contributed by atoms with E-state index in [2.05, 4.69) is 10.3 Å². The Kier molecular flexibility index (Phi) is 1.50. The van der Waals surface area contributed by atoms with Gasteiger partial charge in [0, 0.05) is 12.3 Å². The molecule has 1 N–H and O–H groups in total. The van der Waals surface area contributed by atoms with Gasteiger partial charge in [-0.2, -0.15) is 0 Å². The van der Waals surface area contributed by atoms with Crippen LogP contribution in [-0.4, -0.2) is 12.0 Å². The maximum atomic E-state index is 5.73. The zero-order valence-corrected chi connectivity index (χ0v) is 7.84. The Hall–Kier alpha value is -0.830. The molecule has 1 atom stereocenters. The van der Waals surface area contributed by atoms with E-state index in [1.165, 1.54) is 18.5 Å². The van der Waals surface area contributed by atoms with Crippen molar-refractivity contribution in [3.8, 4) is 0 Å². The molecule has 70 valence electrons. The van der Waals surface area contributed by atoms with Crippen molar-refractivity contribution in [2.24, 2.45) is 0 Å². The minimum atomic E-state index is 0.436. The molecule has 1 aromatic rings. The molecule has 0 radical (unpaired) electrons. The number of fused-ring (bicyclic) bond motifs is 1. The smallest absolute Gasteiger partial charge is 0.197 e. The number of aryl methyl sites for hydroxylation is 1. The first-order valence-electron chi connectivity index (χ1n) is 5.05. The number of nitrogens with zero attached hydrogens (tertiary/aromatic N) is 1. The van der Waals surface area contributed by atoms with E-state index in [-0.39, 0.29) is 0 Å². The van der Waals surface area contributed by atoms with Crippen molar-refractivity contribution in [1.29, 1.82) is 0 Å². The van der Waals surface area contributed by atoms with Crippen LogP contribution in [0.3, 0.4) is 0 Å². The lowest BCUT2D eigenvalue weighted by molar-refractivity contribution is 0.453. The highest BCUT2D eigenvalue weighted by atomic mass is 16.4. The van der Waals surface area contributed by atoms with Crippen molar-refractivity contribution in [2.75, 3.05) is 7.05 Å². The molecule has 0 amide bonds. The minimum Gasteiger partial charge on any atom is -0.445 e. The number of oxazole rings is 1. The van der Waals surface area contributed by atoms with Crippen molar-refractivity contribution in [3.05, 3.63) is 17.3 Å². The van der Waals surface area contributed by atoms with Gasteiger partial charge in [-0.1, -0.05) is 0 Å². The highest BCUT2D eigenvalue weighted by Crippen LogP contribution is 2.42. The Morgan fingerprint density at radius 2 is 2.23 bits per heavy atom. The Morgan fingerprint density at radius 1 is 1.38 bits per heavy atom. The van der Waals surface area contributed by atoms with Crippen LogP contribution in [0.4, 0.5) is 0 Å². The summed E-state index contributed by atoms with van der Waals surface area (Å²) in [4.78, 5) is 4.58. The molecular formula is C10H14N2O. The second-order valence-corrected chi connectivity index (χ2v) is 4.01. The molecule has 0 aliphatic heterocycles. The average molecular weight is 178 g/mol. The molecule has 3 heteroatoms. The summed E-state index contributed by atoms with van der Waals surface area (Å²) in [5, 5.41) is 3.27. The van der Waals surface area contributed by atoms with E-state index >= 15 is 0 Å². The molecule has 0 saturated heterocycles. The van der Waals surface area contributed by atoms with Gasteiger partial charge in [0.2, 0.25) is 0 Å². The Morgan fingerprint density at radius 3 is 2.92 bits per heavy atom. The summed E-state index contributed by atoms with van der Waals surface area (Å²) in [6.45, 7) is 0. The summed E-state index contributed by atoms with van der Waals surface area (Å²) < 4.78 is 5.73. The fraction of sp³-hybridized carbons (Fsp3) is 0.700. The van der Waals surface area contributed by atoms with Gasteiger partial charge in [0.05, 0.1) is 11.7 Å². The zero-order valence-electron chi connectivity index (χ0n) is 7.84. The molecule has 2 aliphatic carbocycles. The van der Waals surface area contributed by atoms with E-state index in [0.29, 0.717) is 12.0 Å². The first-order chi connectivity index (χ1) is 6.38. The predicted molar refractivity (Wildman–Crippen MR) is 48.6 cm³/mol. The standard InChI is InChI=1S/C10H14N2O/c1-11-7-4-5-8-9(7)12-10(13-8)6-2-3-6/h6-7,11H,2-5H2,1H3. The third-order valence-electron chi connectivity index (χ3n) is 3.01. The van der Waals surface area contributed by atoms with Crippen LogP contribution >= 0.6 is 0 Å². The molecule has 0 bridgehead atoms. The first kappa shape index (κ1) is 7.56. The maximum absolute atomic E-state index is 5.73. The van der Waals surface area contributed by atoms with Crippen molar-refractivity contribution in [1.82, 2.24) is 10.3 Å². The van der Waals surface area contributed by atoms with Gasteiger partial charge in [-0.25, -0.2) is 4.98 Å². The molecule has 3 rings (SSSR count). The molecule has 1 unspecified atom stereocenters. The van der Waals surface area contributed by atoms with Crippen LogP contribution in [0.1, 0.15) is 48.6 Å². The second kappa shape index (κ2) is 2.58.